The van der Waals surface area contributed by atoms with Crippen LogP contribution in [0.2, 0.25) is 0 Å². The Bertz CT molecular complexity index is 557. The maximum absolute atomic E-state index is 14.1. The molecule has 6 nitrogen and oxygen atoms in total. The summed E-state index contributed by atoms with van der Waals surface area (Å²) in [6.07, 6.45) is 1.37. The fourth-order valence-electron chi connectivity index (χ4n) is 2.47. The highest BCUT2D eigenvalue weighted by Gasteiger charge is 2.32. The summed E-state index contributed by atoms with van der Waals surface area (Å²) in [5.41, 5.74) is -0.248. The molecule has 0 spiro atoms. The van der Waals surface area contributed by atoms with Crippen molar-refractivity contribution in [1.82, 2.24) is 5.32 Å². The minimum Gasteiger partial charge on any atom is -0.494 e. The van der Waals surface area contributed by atoms with Gasteiger partial charge in [0.1, 0.15) is 6.04 Å². The zero-order valence-electron chi connectivity index (χ0n) is 12.2. The second kappa shape index (κ2) is 7.22. The maximum atomic E-state index is 14.1. The van der Waals surface area contributed by atoms with Crippen molar-refractivity contribution in [2.75, 3.05) is 20.3 Å². The molecule has 2 rings (SSSR count). The molecule has 7 heteroatoms. The number of halogens is 1. The van der Waals surface area contributed by atoms with E-state index in [4.69, 9.17) is 9.47 Å². The molecule has 0 aromatic heterocycles. The van der Waals surface area contributed by atoms with Crippen LogP contribution in [0.5, 0.6) is 5.75 Å². The first-order valence-electron chi connectivity index (χ1n) is 6.98. The summed E-state index contributed by atoms with van der Waals surface area (Å²) >= 11 is 0. The summed E-state index contributed by atoms with van der Waals surface area (Å²) in [6.45, 7) is 0.846. The van der Waals surface area contributed by atoms with E-state index in [1.165, 1.54) is 25.3 Å². The first-order valence-corrected chi connectivity index (χ1v) is 6.98. The molecule has 0 aliphatic carbocycles. The van der Waals surface area contributed by atoms with Gasteiger partial charge in [-0.05, 0) is 25.0 Å². The monoisotopic (exact) mass is 311 g/mol. The molecule has 1 fully saturated rings. The number of methoxy groups -OCH3 is 1. The first-order chi connectivity index (χ1) is 10.5. The molecule has 1 aliphatic rings. The SMILES string of the molecule is COc1cccc(C(=O)NC(C(=O)O)C2CCCOC2)c1F. The number of nitrogens with one attached hydrogen (secondary N) is 1. The van der Waals surface area contributed by atoms with Crippen LogP contribution in [0, 0.1) is 11.7 Å². The highest BCUT2D eigenvalue weighted by molar-refractivity contribution is 5.97. The van der Waals surface area contributed by atoms with Gasteiger partial charge in [-0.3, -0.25) is 4.79 Å². The Morgan fingerprint density at radius 3 is 2.86 bits per heavy atom. The molecule has 1 aromatic carbocycles. The van der Waals surface area contributed by atoms with Gasteiger partial charge in [-0.2, -0.15) is 0 Å². The van der Waals surface area contributed by atoms with E-state index >= 15 is 0 Å². The third kappa shape index (κ3) is 3.54. The maximum Gasteiger partial charge on any atom is 0.326 e. The van der Waals surface area contributed by atoms with Crippen LogP contribution in [0.4, 0.5) is 4.39 Å². The summed E-state index contributed by atoms with van der Waals surface area (Å²) in [4.78, 5) is 23.6. The topological polar surface area (TPSA) is 84.9 Å². The lowest BCUT2D eigenvalue weighted by atomic mass is 9.93. The summed E-state index contributed by atoms with van der Waals surface area (Å²) in [5, 5.41) is 11.7. The third-order valence-electron chi connectivity index (χ3n) is 3.65. The van der Waals surface area contributed by atoms with Gasteiger partial charge >= 0.3 is 5.97 Å². The second-order valence-corrected chi connectivity index (χ2v) is 5.09. The molecule has 1 heterocycles. The summed E-state index contributed by atoms with van der Waals surface area (Å²) in [5.74, 6) is -3.16. The van der Waals surface area contributed by atoms with E-state index in [0.29, 0.717) is 13.0 Å². The molecule has 1 saturated heterocycles. The molecule has 2 N–H and O–H groups in total. The van der Waals surface area contributed by atoms with E-state index in [9.17, 15) is 19.1 Å². The molecular weight excluding hydrogens is 293 g/mol. The molecule has 1 amide bonds. The minimum atomic E-state index is -1.16. The number of carboxylic acids is 1. The smallest absolute Gasteiger partial charge is 0.326 e. The summed E-state index contributed by atoms with van der Waals surface area (Å²) in [7, 11) is 1.29. The third-order valence-corrected chi connectivity index (χ3v) is 3.65. The number of aliphatic carboxylic acids is 1. The zero-order chi connectivity index (χ0) is 16.1. The first kappa shape index (κ1) is 16.2. The van der Waals surface area contributed by atoms with Gasteiger partial charge in [-0.25, -0.2) is 9.18 Å². The van der Waals surface area contributed by atoms with E-state index in [2.05, 4.69) is 5.32 Å². The Morgan fingerprint density at radius 2 is 2.27 bits per heavy atom. The van der Waals surface area contributed by atoms with E-state index in [1.54, 1.807) is 0 Å². The number of hydrogen-bond donors (Lipinski definition) is 2. The Balaban J connectivity index is 2.16. The van der Waals surface area contributed by atoms with Crippen molar-refractivity contribution < 1.29 is 28.6 Å². The van der Waals surface area contributed by atoms with Crippen LogP contribution in [0.1, 0.15) is 23.2 Å². The van der Waals surface area contributed by atoms with Crippen molar-refractivity contribution in [2.45, 2.75) is 18.9 Å². The van der Waals surface area contributed by atoms with Gasteiger partial charge in [0.15, 0.2) is 11.6 Å². The Morgan fingerprint density at radius 1 is 1.50 bits per heavy atom. The van der Waals surface area contributed by atoms with Gasteiger partial charge in [-0.15, -0.1) is 0 Å². The average Bonchev–Trinajstić information content (AvgIpc) is 2.53. The van der Waals surface area contributed by atoms with Crippen LogP contribution in [0.25, 0.3) is 0 Å². The predicted molar refractivity (Wildman–Crippen MR) is 75.4 cm³/mol. The van der Waals surface area contributed by atoms with Crippen LogP contribution in [-0.4, -0.2) is 43.3 Å². The van der Waals surface area contributed by atoms with Crippen molar-refractivity contribution in [1.29, 1.82) is 0 Å². The molecule has 1 aliphatic heterocycles. The predicted octanol–water partition coefficient (Wildman–Crippen LogP) is 1.44. The minimum absolute atomic E-state index is 0.0690. The molecule has 0 saturated carbocycles. The highest BCUT2D eigenvalue weighted by Crippen LogP contribution is 2.22. The Hall–Kier alpha value is -2.15. The highest BCUT2D eigenvalue weighted by atomic mass is 19.1. The number of carboxylic acid groups (broad SMARTS) is 1. The number of benzene rings is 1. The number of amides is 1. The molecule has 0 radical (unpaired) electrons. The van der Waals surface area contributed by atoms with Crippen LogP contribution in [0.15, 0.2) is 18.2 Å². The van der Waals surface area contributed by atoms with E-state index in [0.717, 1.165) is 6.42 Å². The number of rotatable bonds is 5. The van der Waals surface area contributed by atoms with Crippen LogP contribution in [0.3, 0.4) is 0 Å². The van der Waals surface area contributed by atoms with Gasteiger partial charge in [0.25, 0.3) is 5.91 Å². The lowest BCUT2D eigenvalue weighted by Gasteiger charge is -2.28. The summed E-state index contributed by atoms with van der Waals surface area (Å²) < 4.78 is 24.1. The number of carbonyl (C=O) groups excluding carboxylic acids is 1. The fourth-order valence-corrected chi connectivity index (χ4v) is 2.47. The lowest BCUT2D eigenvalue weighted by molar-refractivity contribution is -0.142. The largest absolute Gasteiger partial charge is 0.494 e. The fraction of sp³-hybridized carbons (Fsp3) is 0.467. The van der Waals surface area contributed by atoms with Gasteiger partial charge in [0.05, 0.1) is 19.3 Å². The molecule has 22 heavy (non-hydrogen) atoms. The van der Waals surface area contributed by atoms with Gasteiger partial charge in [0.2, 0.25) is 0 Å². The van der Waals surface area contributed by atoms with E-state index in [1.807, 2.05) is 0 Å². The number of ether oxygens (including phenoxy) is 2. The number of carbonyl (C=O) groups is 2. The normalized spacial score (nSPS) is 19.3. The second-order valence-electron chi connectivity index (χ2n) is 5.09. The van der Waals surface area contributed by atoms with E-state index < -0.39 is 23.7 Å². The standard InChI is InChI=1S/C15H18FNO5/c1-21-11-6-2-5-10(12(11)16)14(18)17-13(15(19)20)9-4-3-7-22-8-9/h2,5-6,9,13H,3-4,7-8H2,1H3,(H,17,18)(H,19,20). The van der Waals surface area contributed by atoms with Gasteiger partial charge < -0.3 is 19.9 Å². The lowest BCUT2D eigenvalue weighted by Crippen LogP contribution is -2.48. The molecule has 120 valence electrons. The van der Waals surface area contributed by atoms with Gasteiger partial charge in [0, 0.05) is 12.5 Å². The molecule has 0 bridgehead atoms. The quantitative estimate of drug-likeness (QED) is 0.859. The molecule has 1 aromatic rings. The van der Waals surface area contributed by atoms with Crippen molar-refractivity contribution in [2.24, 2.45) is 5.92 Å². The van der Waals surface area contributed by atoms with Crippen LogP contribution in [-0.2, 0) is 9.53 Å². The van der Waals surface area contributed by atoms with Crippen molar-refractivity contribution in [3.05, 3.63) is 29.6 Å². The molecule has 2 atom stereocenters. The Kier molecular flexibility index (Phi) is 5.32. The van der Waals surface area contributed by atoms with Gasteiger partial charge in [-0.1, -0.05) is 6.07 Å². The molecule has 2 unspecified atom stereocenters. The average molecular weight is 311 g/mol. The van der Waals surface area contributed by atoms with Crippen molar-refractivity contribution in [3.8, 4) is 5.75 Å². The van der Waals surface area contributed by atoms with Crippen LogP contribution >= 0.6 is 0 Å². The number of hydrogen-bond acceptors (Lipinski definition) is 4. The van der Waals surface area contributed by atoms with Crippen LogP contribution < -0.4 is 10.1 Å². The van der Waals surface area contributed by atoms with Crippen molar-refractivity contribution in [3.63, 3.8) is 0 Å². The zero-order valence-corrected chi connectivity index (χ0v) is 12.2. The molecular formula is C15H18FNO5. The van der Waals surface area contributed by atoms with E-state index in [-0.39, 0.29) is 23.8 Å². The Labute approximate surface area is 127 Å². The van der Waals surface area contributed by atoms with Crippen molar-refractivity contribution >= 4 is 11.9 Å². The summed E-state index contributed by atoms with van der Waals surface area (Å²) in [6, 6.07) is 3.02.